The van der Waals surface area contributed by atoms with Crippen molar-refractivity contribution in [2.75, 3.05) is 0 Å². The molecule has 2 N–H and O–H groups in total. The van der Waals surface area contributed by atoms with E-state index >= 15 is 0 Å². The van der Waals surface area contributed by atoms with Gasteiger partial charge in [0.15, 0.2) is 5.82 Å². The summed E-state index contributed by atoms with van der Waals surface area (Å²) in [4.78, 5) is 12.2. The molecule has 0 aliphatic carbocycles. The lowest BCUT2D eigenvalue weighted by Gasteiger charge is -2.11. The number of aromatic nitrogens is 7. The first-order valence-corrected chi connectivity index (χ1v) is 9.25. The van der Waals surface area contributed by atoms with Crippen LogP contribution in [0.25, 0.3) is 22.5 Å². The lowest BCUT2D eigenvalue weighted by Crippen LogP contribution is -2.20. The van der Waals surface area contributed by atoms with Crippen LogP contribution in [0.15, 0.2) is 53.3 Å². The highest BCUT2D eigenvalue weighted by Gasteiger charge is 2.15. The van der Waals surface area contributed by atoms with Crippen molar-refractivity contribution in [3.8, 4) is 22.5 Å². The molecule has 28 heavy (non-hydrogen) atoms. The van der Waals surface area contributed by atoms with Crippen LogP contribution >= 0.6 is 0 Å². The summed E-state index contributed by atoms with van der Waals surface area (Å²) in [6, 6.07) is 16.1. The summed E-state index contributed by atoms with van der Waals surface area (Å²) in [5.74, 6) is 1.64. The fourth-order valence-corrected chi connectivity index (χ4v) is 3.23. The summed E-state index contributed by atoms with van der Waals surface area (Å²) in [5.41, 5.74) is 3.88. The van der Waals surface area contributed by atoms with Gasteiger partial charge in [-0.25, -0.2) is 15.0 Å². The van der Waals surface area contributed by atoms with Crippen LogP contribution in [0, 0.1) is 0 Å². The Hall–Kier alpha value is -3.55. The zero-order valence-corrected chi connectivity index (χ0v) is 15.8. The molecule has 2 aromatic heterocycles. The van der Waals surface area contributed by atoms with Crippen molar-refractivity contribution in [1.82, 2.24) is 35.4 Å². The van der Waals surface area contributed by atoms with Gasteiger partial charge in [-0.15, -0.1) is 5.10 Å². The Morgan fingerprint density at radius 1 is 1.04 bits per heavy atom. The highest BCUT2D eigenvalue weighted by atomic mass is 16.1. The van der Waals surface area contributed by atoms with Crippen LogP contribution < -0.4 is 5.69 Å². The van der Waals surface area contributed by atoms with E-state index in [1.807, 2.05) is 48.5 Å². The van der Waals surface area contributed by atoms with Gasteiger partial charge in [0.05, 0.1) is 6.54 Å². The van der Waals surface area contributed by atoms with Gasteiger partial charge in [-0.3, -0.25) is 4.57 Å². The summed E-state index contributed by atoms with van der Waals surface area (Å²) < 4.78 is 1.71. The third-order valence-electron chi connectivity index (χ3n) is 4.97. The van der Waals surface area contributed by atoms with Crippen molar-refractivity contribution in [2.24, 2.45) is 0 Å². The molecule has 0 saturated carbocycles. The summed E-state index contributed by atoms with van der Waals surface area (Å²) in [7, 11) is 0. The van der Waals surface area contributed by atoms with Gasteiger partial charge in [-0.1, -0.05) is 62.4 Å². The molecule has 1 unspecified atom stereocenters. The maximum absolute atomic E-state index is 12.2. The topological polar surface area (TPSA) is 105 Å². The van der Waals surface area contributed by atoms with Crippen molar-refractivity contribution < 1.29 is 0 Å². The van der Waals surface area contributed by atoms with Gasteiger partial charge < -0.3 is 0 Å². The van der Waals surface area contributed by atoms with Crippen LogP contribution in [0.2, 0.25) is 0 Å². The Bertz CT molecular complexity index is 1110. The van der Waals surface area contributed by atoms with Gasteiger partial charge in [-0.2, -0.15) is 5.10 Å². The number of hydrogen-bond donors (Lipinski definition) is 2. The van der Waals surface area contributed by atoms with E-state index in [1.165, 1.54) is 0 Å². The number of tetrazole rings is 1. The second kappa shape index (κ2) is 7.59. The molecule has 0 amide bonds. The van der Waals surface area contributed by atoms with Crippen LogP contribution in [0.4, 0.5) is 0 Å². The molecule has 4 aromatic rings. The molecule has 2 heterocycles. The smallest absolute Gasteiger partial charge is 0.274 e. The molecule has 2 aromatic carbocycles. The zero-order valence-electron chi connectivity index (χ0n) is 15.8. The average molecular weight is 375 g/mol. The van der Waals surface area contributed by atoms with Crippen molar-refractivity contribution in [3.05, 3.63) is 70.4 Å². The van der Waals surface area contributed by atoms with E-state index < -0.39 is 0 Å². The van der Waals surface area contributed by atoms with Gasteiger partial charge in [-0.05, 0) is 33.5 Å². The van der Waals surface area contributed by atoms with Gasteiger partial charge in [0.2, 0.25) is 0 Å². The highest BCUT2D eigenvalue weighted by molar-refractivity contribution is 5.80. The van der Waals surface area contributed by atoms with Crippen LogP contribution in [0.5, 0.6) is 0 Å². The van der Waals surface area contributed by atoms with E-state index in [1.54, 1.807) is 4.57 Å². The first-order chi connectivity index (χ1) is 13.7. The number of hydrogen-bond acceptors (Lipinski definition) is 5. The quantitative estimate of drug-likeness (QED) is 0.539. The van der Waals surface area contributed by atoms with Crippen LogP contribution in [0.3, 0.4) is 0 Å². The number of benzene rings is 2. The first kappa shape index (κ1) is 17.8. The third-order valence-corrected chi connectivity index (χ3v) is 4.97. The van der Waals surface area contributed by atoms with E-state index in [9.17, 15) is 4.79 Å². The standard InChI is InChI=1S/C20H21N7O/c1-3-13(2)19-23-24-20(28)27(19)12-14-8-10-15(11-9-14)16-6-4-5-7-17(16)18-21-25-26-22-18/h4-11,13H,3,12H2,1-2H3,(H,24,28)(H,21,22,25,26). The molecule has 0 radical (unpaired) electrons. The second-order valence-corrected chi connectivity index (χ2v) is 6.77. The van der Waals surface area contributed by atoms with E-state index in [4.69, 9.17) is 0 Å². The monoisotopic (exact) mass is 375 g/mol. The molecule has 8 heteroatoms. The van der Waals surface area contributed by atoms with Crippen molar-refractivity contribution >= 4 is 0 Å². The van der Waals surface area contributed by atoms with Gasteiger partial charge >= 0.3 is 5.69 Å². The molecule has 0 spiro atoms. The molecular weight excluding hydrogens is 354 g/mol. The van der Waals surface area contributed by atoms with Crippen molar-refractivity contribution in [2.45, 2.75) is 32.7 Å². The largest absolute Gasteiger partial charge is 0.343 e. The first-order valence-electron chi connectivity index (χ1n) is 9.25. The Morgan fingerprint density at radius 2 is 1.79 bits per heavy atom. The fraction of sp³-hybridized carbons (Fsp3) is 0.250. The minimum atomic E-state index is -0.178. The molecule has 0 aliphatic heterocycles. The molecule has 4 rings (SSSR count). The maximum atomic E-state index is 12.2. The van der Waals surface area contributed by atoms with Gasteiger partial charge in [0.25, 0.3) is 0 Å². The van der Waals surface area contributed by atoms with Crippen LogP contribution in [-0.2, 0) is 6.54 Å². The second-order valence-electron chi connectivity index (χ2n) is 6.77. The SMILES string of the molecule is CCC(C)c1n[nH]c(=O)n1Cc1ccc(-c2ccccc2-c2nnn[nH]2)cc1. The number of nitrogens with zero attached hydrogens (tertiary/aromatic N) is 5. The predicted octanol–water partition coefficient (Wildman–Crippen LogP) is 2.98. The third kappa shape index (κ3) is 3.36. The Kier molecular flexibility index (Phi) is 4.84. The van der Waals surface area contributed by atoms with E-state index in [0.717, 1.165) is 34.5 Å². The minimum Gasteiger partial charge on any atom is -0.274 e. The fourth-order valence-electron chi connectivity index (χ4n) is 3.23. The summed E-state index contributed by atoms with van der Waals surface area (Å²) in [6.45, 7) is 4.65. The van der Waals surface area contributed by atoms with Gasteiger partial charge in [0, 0.05) is 11.5 Å². The summed E-state index contributed by atoms with van der Waals surface area (Å²) in [6.07, 6.45) is 0.927. The lowest BCUT2D eigenvalue weighted by molar-refractivity contribution is 0.610. The molecule has 0 aliphatic rings. The Morgan fingerprint density at radius 3 is 2.46 bits per heavy atom. The number of aromatic amines is 2. The van der Waals surface area contributed by atoms with Crippen LogP contribution in [0.1, 0.15) is 37.6 Å². The normalized spacial score (nSPS) is 12.2. The zero-order chi connectivity index (χ0) is 19.5. The summed E-state index contributed by atoms with van der Waals surface area (Å²) >= 11 is 0. The van der Waals surface area contributed by atoms with E-state index in [0.29, 0.717) is 12.4 Å². The molecule has 142 valence electrons. The Balaban J connectivity index is 1.63. The maximum Gasteiger partial charge on any atom is 0.343 e. The molecular formula is C20H21N7O. The summed E-state index contributed by atoms with van der Waals surface area (Å²) in [5, 5.41) is 20.9. The highest BCUT2D eigenvalue weighted by Crippen LogP contribution is 2.29. The molecule has 1 atom stereocenters. The van der Waals surface area contributed by atoms with Gasteiger partial charge in [0.1, 0.15) is 5.82 Å². The number of nitrogens with one attached hydrogen (secondary N) is 2. The van der Waals surface area contributed by atoms with E-state index in [2.05, 4.69) is 44.7 Å². The molecule has 0 fully saturated rings. The average Bonchev–Trinajstić information content (AvgIpc) is 3.39. The minimum absolute atomic E-state index is 0.178. The molecule has 8 nitrogen and oxygen atoms in total. The molecule has 0 saturated heterocycles. The van der Waals surface area contributed by atoms with E-state index in [-0.39, 0.29) is 11.6 Å². The van der Waals surface area contributed by atoms with Crippen LogP contribution in [-0.4, -0.2) is 35.4 Å². The molecule has 0 bridgehead atoms. The number of rotatable bonds is 6. The predicted molar refractivity (Wildman–Crippen MR) is 106 cm³/mol. The number of H-pyrrole nitrogens is 2. The van der Waals surface area contributed by atoms with Crippen molar-refractivity contribution in [1.29, 1.82) is 0 Å². The lowest BCUT2D eigenvalue weighted by atomic mass is 9.98. The van der Waals surface area contributed by atoms with Crippen molar-refractivity contribution in [3.63, 3.8) is 0 Å². The Labute approximate surface area is 161 Å².